The van der Waals surface area contributed by atoms with Crippen molar-refractivity contribution in [1.29, 1.82) is 0 Å². The summed E-state index contributed by atoms with van der Waals surface area (Å²) >= 11 is 0. The number of nitrogens with zero attached hydrogens (tertiary/aromatic N) is 3. The van der Waals surface area contributed by atoms with E-state index in [1.165, 1.54) is 4.90 Å². The fraction of sp³-hybridized carbons (Fsp3) is 0.524. The lowest BCUT2D eigenvalue weighted by Gasteiger charge is -2.37. The van der Waals surface area contributed by atoms with Crippen molar-refractivity contribution in [2.24, 2.45) is 0 Å². The summed E-state index contributed by atoms with van der Waals surface area (Å²) in [7, 11) is 0. The van der Waals surface area contributed by atoms with Crippen LogP contribution < -0.4 is 10.6 Å². The van der Waals surface area contributed by atoms with Crippen molar-refractivity contribution in [2.45, 2.75) is 26.3 Å². The van der Waals surface area contributed by atoms with Crippen molar-refractivity contribution in [3.8, 4) is 0 Å². The molecule has 1 aromatic rings. The zero-order valence-corrected chi connectivity index (χ0v) is 17.5. The number of aryl methyl sites for hydroxylation is 2. The molecule has 1 unspecified atom stereocenters. The van der Waals surface area contributed by atoms with Gasteiger partial charge >= 0.3 is 0 Å². The first kappa shape index (κ1) is 21.8. The number of anilines is 1. The van der Waals surface area contributed by atoms with Crippen LogP contribution in [0.15, 0.2) is 18.2 Å². The Morgan fingerprint density at radius 3 is 2.40 bits per heavy atom. The van der Waals surface area contributed by atoms with Crippen LogP contribution in [0.25, 0.3) is 0 Å². The first-order valence-electron chi connectivity index (χ1n) is 10.2. The number of carbonyl (C=O) groups excluding carboxylic acids is 4. The molecule has 0 saturated carbocycles. The molecule has 2 N–H and O–H groups in total. The van der Waals surface area contributed by atoms with Gasteiger partial charge in [-0.05, 0) is 37.1 Å². The van der Waals surface area contributed by atoms with Gasteiger partial charge in [-0.15, -0.1) is 0 Å². The minimum Gasteiger partial charge on any atom is -0.353 e. The number of nitrogens with one attached hydrogen (secondary N) is 2. The van der Waals surface area contributed by atoms with Crippen LogP contribution in [0.2, 0.25) is 0 Å². The molecule has 9 heteroatoms. The van der Waals surface area contributed by atoms with Crippen LogP contribution in [0.1, 0.15) is 17.5 Å². The first-order valence-corrected chi connectivity index (χ1v) is 10.2. The molecule has 0 bridgehead atoms. The molecular formula is C21H29N5O4. The Morgan fingerprint density at radius 2 is 1.77 bits per heavy atom. The van der Waals surface area contributed by atoms with Crippen LogP contribution in [0.5, 0.6) is 0 Å². The Kier molecular flexibility index (Phi) is 7.04. The lowest BCUT2D eigenvalue weighted by atomic mass is 10.1. The molecule has 3 rings (SSSR count). The van der Waals surface area contributed by atoms with Crippen LogP contribution in [0.3, 0.4) is 0 Å². The minimum atomic E-state index is -0.826. The van der Waals surface area contributed by atoms with E-state index < -0.39 is 6.04 Å². The summed E-state index contributed by atoms with van der Waals surface area (Å²) in [5.74, 6) is -0.788. The molecule has 9 nitrogen and oxygen atoms in total. The van der Waals surface area contributed by atoms with Gasteiger partial charge in [0.2, 0.25) is 24.1 Å². The average molecular weight is 415 g/mol. The van der Waals surface area contributed by atoms with Crippen LogP contribution in [-0.2, 0) is 19.2 Å². The van der Waals surface area contributed by atoms with E-state index in [1.807, 2.05) is 36.9 Å². The molecule has 1 aromatic carbocycles. The molecule has 0 aromatic heterocycles. The molecule has 2 fully saturated rings. The van der Waals surface area contributed by atoms with Gasteiger partial charge < -0.3 is 20.4 Å². The molecule has 2 aliphatic rings. The zero-order valence-electron chi connectivity index (χ0n) is 17.5. The topological polar surface area (TPSA) is 102 Å². The fourth-order valence-electron chi connectivity index (χ4n) is 3.96. The Labute approximate surface area is 176 Å². The van der Waals surface area contributed by atoms with Gasteiger partial charge in [0.15, 0.2) is 0 Å². The Morgan fingerprint density at radius 1 is 1.10 bits per heavy atom. The summed E-state index contributed by atoms with van der Waals surface area (Å²) < 4.78 is 0. The number of carbonyl (C=O) groups is 4. The molecule has 4 amide bonds. The van der Waals surface area contributed by atoms with E-state index in [4.69, 9.17) is 0 Å². The SMILES string of the molecule is Cc1cc(C)cc(NC(=O)CC2C(=O)NCCN2C(=O)CN2CCN(C=O)CC2)c1. The third-order valence-corrected chi connectivity index (χ3v) is 5.45. The molecule has 2 saturated heterocycles. The van der Waals surface area contributed by atoms with Crippen molar-refractivity contribution >= 4 is 29.8 Å². The monoisotopic (exact) mass is 415 g/mol. The molecule has 162 valence electrons. The number of piperazine rings is 2. The minimum absolute atomic E-state index is 0.0938. The second kappa shape index (κ2) is 9.71. The maximum atomic E-state index is 12.9. The predicted octanol–water partition coefficient (Wildman–Crippen LogP) is -0.267. The number of hydrogen-bond donors (Lipinski definition) is 2. The van der Waals surface area contributed by atoms with E-state index in [2.05, 4.69) is 10.6 Å². The Balaban J connectivity index is 1.61. The summed E-state index contributed by atoms with van der Waals surface area (Å²) in [5, 5.41) is 5.59. The third-order valence-electron chi connectivity index (χ3n) is 5.45. The molecule has 0 aliphatic carbocycles. The Hall–Kier alpha value is -2.94. The first-order chi connectivity index (χ1) is 14.4. The zero-order chi connectivity index (χ0) is 21.7. The van der Waals surface area contributed by atoms with Crippen LogP contribution in [0.4, 0.5) is 5.69 Å². The number of benzene rings is 1. The maximum absolute atomic E-state index is 12.9. The van der Waals surface area contributed by atoms with Crippen molar-refractivity contribution < 1.29 is 19.2 Å². The lowest BCUT2D eigenvalue weighted by Crippen LogP contribution is -2.60. The number of hydrogen-bond acceptors (Lipinski definition) is 5. The quantitative estimate of drug-likeness (QED) is 0.623. The fourth-order valence-corrected chi connectivity index (χ4v) is 3.96. The van der Waals surface area contributed by atoms with Crippen molar-refractivity contribution in [3.63, 3.8) is 0 Å². The maximum Gasteiger partial charge on any atom is 0.243 e. The smallest absolute Gasteiger partial charge is 0.243 e. The van der Waals surface area contributed by atoms with E-state index in [9.17, 15) is 19.2 Å². The van der Waals surface area contributed by atoms with E-state index >= 15 is 0 Å². The van der Waals surface area contributed by atoms with E-state index in [-0.39, 0.29) is 30.7 Å². The lowest BCUT2D eigenvalue weighted by molar-refractivity contribution is -0.145. The highest BCUT2D eigenvalue weighted by Crippen LogP contribution is 2.16. The van der Waals surface area contributed by atoms with Gasteiger partial charge in [0.05, 0.1) is 13.0 Å². The number of amides is 4. The highest BCUT2D eigenvalue weighted by Gasteiger charge is 2.35. The van der Waals surface area contributed by atoms with Crippen LogP contribution in [-0.4, -0.2) is 90.7 Å². The van der Waals surface area contributed by atoms with Crippen molar-refractivity contribution in [3.05, 3.63) is 29.3 Å². The normalized spacial score (nSPS) is 19.9. The number of rotatable bonds is 6. The summed E-state index contributed by atoms with van der Waals surface area (Å²) in [4.78, 5) is 53.9. The van der Waals surface area contributed by atoms with Gasteiger partial charge in [-0.25, -0.2) is 0 Å². The molecule has 0 spiro atoms. The summed E-state index contributed by atoms with van der Waals surface area (Å²) in [6.45, 7) is 7.22. The van der Waals surface area contributed by atoms with Gasteiger partial charge in [0.1, 0.15) is 6.04 Å². The summed E-state index contributed by atoms with van der Waals surface area (Å²) in [6.07, 6.45) is 0.724. The molecule has 30 heavy (non-hydrogen) atoms. The standard InChI is InChI=1S/C21H29N5O4/c1-15-9-16(2)11-17(10-15)23-19(28)12-18-21(30)22-3-4-26(18)20(29)13-24-5-7-25(14-27)8-6-24/h9-11,14,18H,3-8,12-13H2,1-2H3,(H,22,30)(H,23,28). The second-order valence-electron chi connectivity index (χ2n) is 7.94. The van der Waals surface area contributed by atoms with Crippen LogP contribution in [0, 0.1) is 13.8 Å². The third kappa shape index (κ3) is 5.56. The highest BCUT2D eigenvalue weighted by molar-refractivity contribution is 5.97. The second-order valence-corrected chi connectivity index (χ2v) is 7.94. The molecule has 0 radical (unpaired) electrons. The van der Waals surface area contributed by atoms with Crippen molar-refractivity contribution in [2.75, 3.05) is 51.1 Å². The van der Waals surface area contributed by atoms with E-state index in [0.29, 0.717) is 45.0 Å². The largest absolute Gasteiger partial charge is 0.353 e. The van der Waals surface area contributed by atoms with Crippen molar-refractivity contribution in [1.82, 2.24) is 20.0 Å². The molecule has 1 atom stereocenters. The van der Waals surface area contributed by atoms with Gasteiger partial charge in [-0.3, -0.25) is 24.1 Å². The predicted molar refractivity (Wildman–Crippen MR) is 112 cm³/mol. The molecule has 2 heterocycles. The highest BCUT2D eigenvalue weighted by atomic mass is 16.2. The molecule has 2 aliphatic heterocycles. The van der Waals surface area contributed by atoms with E-state index in [0.717, 1.165) is 17.5 Å². The molecular weight excluding hydrogens is 386 g/mol. The Bertz CT molecular complexity index is 799. The van der Waals surface area contributed by atoms with Crippen LogP contribution >= 0.6 is 0 Å². The van der Waals surface area contributed by atoms with Gasteiger partial charge in [0.25, 0.3) is 0 Å². The summed E-state index contributed by atoms with van der Waals surface area (Å²) in [5.41, 5.74) is 2.75. The summed E-state index contributed by atoms with van der Waals surface area (Å²) in [6, 6.07) is 4.93. The van der Waals surface area contributed by atoms with Gasteiger partial charge in [0, 0.05) is 45.0 Å². The van der Waals surface area contributed by atoms with Gasteiger partial charge in [-0.2, -0.15) is 0 Å². The van der Waals surface area contributed by atoms with Gasteiger partial charge in [-0.1, -0.05) is 6.07 Å². The van der Waals surface area contributed by atoms with E-state index in [1.54, 1.807) is 4.90 Å². The average Bonchev–Trinajstić information content (AvgIpc) is 2.69.